The summed E-state index contributed by atoms with van der Waals surface area (Å²) in [5, 5.41) is 8.43. The van der Waals surface area contributed by atoms with E-state index in [2.05, 4.69) is 41.7 Å². The Morgan fingerprint density at radius 1 is 0.895 bits per heavy atom. The molecule has 6 amide bonds. The summed E-state index contributed by atoms with van der Waals surface area (Å²) in [7, 11) is 0. The Kier molecular flexibility index (Phi) is 12.8. The molecule has 7 atom stereocenters. The number of ether oxygens (including phenoxy) is 1. The summed E-state index contributed by atoms with van der Waals surface area (Å²) < 4.78 is 5.77. The molecule has 57 heavy (non-hydrogen) atoms. The zero-order valence-corrected chi connectivity index (χ0v) is 33.8. The predicted molar refractivity (Wildman–Crippen MR) is 210 cm³/mol. The van der Waals surface area contributed by atoms with E-state index < -0.39 is 78.4 Å². The molecule has 1 aromatic rings. The van der Waals surface area contributed by atoms with Gasteiger partial charge in [0.2, 0.25) is 35.4 Å². The molecule has 5 heterocycles. The van der Waals surface area contributed by atoms with E-state index >= 15 is 0 Å². The number of hydrogen-bond donors (Lipinski definition) is 3. The van der Waals surface area contributed by atoms with E-state index in [1.165, 1.54) is 14.7 Å². The van der Waals surface area contributed by atoms with Gasteiger partial charge in [0.25, 0.3) is 0 Å². The number of amides is 6. The molecule has 308 valence electrons. The van der Waals surface area contributed by atoms with Gasteiger partial charge in [-0.2, -0.15) is 0 Å². The molecule has 4 saturated heterocycles. The number of allylic oxidation sites excluding steroid dienone is 1. The highest BCUT2D eigenvalue weighted by molar-refractivity contribution is 6.09. The minimum Gasteiger partial charge on any atom is -0.461 e. The number of carbonyl (C=O) groups is 7. The van der Waals surface area contributed by atoms with Crippen molar-refractivity contribution in [3.05, 3.63) is 47.5 Å². The number of nitrogens with zero attached hydrogens (tertiary/aromatic N) is 4. The summed E-state index contributed by atoms with van der Waals surface area (Å²) in [4.78, 5) is 107. The first-order valence-electron chi connectivity index (χ1n) is 20.4. The molecule has 0 saturated carbocycles. The van der Waals surface area contributed by atoms with Crippen LogP contribution in [-0.4, -0.2) is 131 Å². The molecule has 15 heteroatoms. The summed E-state index contributed by atoms with van der Waals surface area (Å²) in [6.45, 7) is 10.5. The van der Waals surface area contributed by atoms with Crippen molar-refractivity contribution >= 4 is 47.1 Å². The summed E-state index contributed by atoms with van der Waals surface area (Å²) in [6, 6.07) is 2.95. The fourth-order valence-corrected chi connectivity index (χ4v) is 8.50. The second kappa shape index (κ2) is 17.6. The number of aliphatic imine (C=N–C) groups is 1. The van der Waals surface area contributed by atoms with Gasteiger partial charge in [0, 0.05) is 31.8 Å². The minimum absolute atomic E-state index is 0.0428. The zero-order valence-electron chi connectivity index (χ0n) is 33.8. The van der Waals surface area contributed by atoms with Gasteiger partial charge in [-0.1, -0.05) is 58.0 Å². The maximum absolute atomic E-state index is 14.5. The number of hydrogen-bond acceptors (Lipinski definition) is 9. The molecule has 5 aliphatic heterocycles. The highest BCUT2D eigenvalue weighted by atomic mass is 16.5. The van der Waals surface area contributed by atoms with Crippen LogP contribution in [0.4, 0.5) is 0 Å². The molecular formula is C42H57N7O8. The SMILES string of the molecule is C[C@@H]1C[C@H]2C(=O)OC[C@H](NC(=O)[C@H](Cc3ccccc3)NC(=O)CC3=NCC(C(C)(C)C)=C3)C(=O)N3CCC[C@H]3C(=O)N3CCCC[C@H]3C(=O)N[C@@H](C)C(=O)N2C1. The zero-order chi connectivity index (χ0) is 41.0. The van der Waals surface area contributed by atoms with E-state index in [0.717, 1.165) is 11.1 Å². The summed E-state index contributed by atoms with van der Waals surface area (Å²) in [5.74, 6) is -3.80. The van der Waals surface area contributed by atoms with Crippen LogP contribution in [0, 0.1) is 11.3 Å². The molecule has 0 spiro atoms. The number of carbonyl (C=O) groups excluding carboxylic acids is 7. The van der Waals surface area contributed by atoms with E-state index in [1.807, 2.05) is 43.3 Å². The second-order valence-corrected chi connectivity index (χ2v) is 17.2. The van der Waals surface area contributed by atoms with Crippen molar-refractivity contribution < 1.29 is 38.3 Å². The van der Waals surface area contributed by atoms with Gasteiger partial charge in [0.05, 0.1) is 13.0 Å². The maximum Gasteiger partial charge on any atom is 0.328 e. The first-order chi connectivity index (χ1) is 27.1. The second-order valence-electron chi connectivity index (χ2n) is 17.2. The molecule has 6 rings (SSSR count). The Labute approximate surface area is 334 Å². The summed E-state index contributed by atoms with van der Waals surface area (Å²) in [5.41, 5.74) is 2.37. The quantitative estimate of drug-likeness (QED) is 0.349. The average Bonchev–Trinajstić information content (AvgIpc) is 3.95. The van der Waals surface area contributed by atoms with E-state index in [4.69, 9.17) is 4.74 Å². The van der Waals surface area contributed by atoms with Crippen molar-refractivity contribution in [1.29, 1.82) is 0 Å². The van der Waals surface area contributed by atoms with E-state index in [-0.39, 0.29) is 43.2 Å². The Bertz CT molecular complexity index is 1810. The fraction of sp³-hybridized carbons (Fsp3) is 0.619. The molecule has 0 radical (unpaired) electrons. The molecule has 3 N–H and O–H groups in total. The van der Waals surface area contributed by atoms with E-state index in [9.17, 15) is 33.6 Å². The number of piperidine rings is 1. The van der Waals surface area contributed by atoms with E-state index in [0.29, 0.717) is 57.3 Å². The Morgan fingerprint density at radius 3 is 2.32 bits per heavy atom. The maximum atomic E-state index is 14.5. The topological polar surface area (TPSA) is 187 Å². The number of esters is 1. The van der Waals surface area contributed by atoms with Crippen LogP contribution in [0.15, 0.2) is 47.0 Å². The predicted octanol–water partition coefficient (Wildman–Crippen LogP) is 1.69. The lowest BCUT2D eigenvalue weighted by molar-refractivity contribution is -0.158. The number of nitrogens with one attached hydrogen (secondary N) is 3. The summed E-state index contributed by atoms with van der Waals surface area (Å²) in [6.07, 6.45) is 4.96. The third kappa shape index (κ3) is 9.73. The molecule has 0 unspecified atom stereocenters. The Balaban J connectivity index is 1.28. The largest absolute Gasteiger partial charge is 0.461 e. The molecule has 15 nitrogen and oxygen atoms in total. The smallest absolute Gasteiger partial charge is 0.328 e. The lowest BCUT2D eigenvalue weighted by Gasteiger charge is -2.39. The minimum atomic E-state index is -1.42. The molecule has 0 aromatic heterocycles. The van der Waals surface area contributed by atoms with Crippen LogP contribution >= 0.6 is 0 Å². The molecule has 1 aromatic carbocycles. The Hall–Kier alpha value is -5.08. The molecule has 0 bridgehead atoms. The first-order valence-corrected chi connectivity index (χ1v) is 20.4. The highest BCUT2D eigenvalue weighted by Gasteiger charge is 2.46. The van der Waals surface area contributed by atoms with Gasteiger partial charge >= 0.3 is 5.97 Å². The van der Waals surface area contributed by atoms with E-state index in [1.54, 1.807) is 6.92 Å². The van der Waals surface area contributed by atoms with Gasteiger partial charge in [0.1, 0.15) is 42.9 Å². The first kappa shape index (κ1) is 41.6. The number of rotatable bonds is 7. The monoisotopic (exact) mass is 787 g/mol. The van der Waals surface area contributed by atoms with Gasteiger partial charge in [0.15, 0.2) is 0 Å². The van der Waals surface area contributed by atoms with Gasteiger partial charge in [-0.25, -0.2) is 4.79 Å². The van der Waals surface area contributed by atoms with Crippen molar-refractivity contribution in [2.45, 2.75) is 122 Å². The molecule has 5 aliphatic rings. The third-order valence-electron chi connectivity index (χ3n) is 11.7. The fourth-order valence-electron chi connectivity index (χ4n) is 8.50. The van der Waals surface area contributed by atoms with Gasteiger partial charge in [-0.05, 0) is 74.0 Å². The number of benzene rings is 1. The van der Waals surface area contributed by atoms with Crippen LogP contribution in [-0.2, 0) is 44.7 Å². The molecule has 0 aliphatic carbocycles. The lowest BCUT2D eigenvalue weighted by Crippen LogP contribution is -2.62. The molecular weight excluding hydrogens is 731 g/mol. The normalized spacial score (nSPS) is 28.1. The number of fused-ring (bicyclic) bond motifs is 3. The van der Waals surface area contributed by atoms with Crippen LogP contribution in [0.25, 0.3) is 0 Å². The highest BCUT2D eigenvalue weighted by Crippen LogP contribution is 2.30. The van der Waals surface area contributed by atoms with Crippen molar-refractivity contribution in [2.75, 3.05) is 32.8 Å². The lowest BCUT2D eigenvalue weighted by atomic mass is 9.86. The third-order valence-corrected chi connectivity index (χ3v) is 11.7. The van der Waals surface area contributed by atoms with Crippen molar-refractivity contribution in [1.82, 2.24) is 30.7 Å². The van der Waals surface area contributed by atoms with Crippen molar-refractivity contribution in [2.24, 2.45) is 16.3 Å². The standard InChI is InChI=1S/C42H57N7O8/c1-25-18-34-41(56)57-24-31(46-36(51)30(19-27-12-7-6-8-13-27)45-35(50)21-29-20-28(22-43-29)42(3,4)5)39(54)48-17-11-15-33(48)40(55)47-16-10-9-14-32(47)37(52)44-26(2)38(53)49(34)23-25/h6-8,12-13,20,25-26,30-34H,9-11,14-19,21-24H2,1-5H3,(H,44,52)(H,45,50)(H,46,51)/t25-,26+,30+,31+,32+,33+,34+/m1/s1. The van der Waals surface area contributed by atoms with Gasteiger partial charge in [-0.15, -0.1) is 0 Å². The average molecular weight is 788 g/mol. The molecule has 4 fully saturated rings. The van der Waals surface area contributed by atoms with Gasteiger partial charge < -0.3 is 35.4 Å². The summed E-state index contributed by atoms with van der Waals surface area (Å²) >= 11 is 0. The van der Waals surface area contributed by atoms with Crippen LogP contribution < -0.4 is 16.0 Å². The van der Waals surface area contributed by atoms with Crippen molar-refractivity contribution in [3.8, 4) is 0 Å². The van der Waals surface area contributed by atoms with Crippen LogP contribution in [0.3, 0.4) is 0 Å². The van der Waals surface area contributed by atoms with Crippen molar-refractivity contribution in [3.63, 3.8) is 0 Å². The van der Waals surface area contributed by atoms with Crippen LogP contribution in [0.1, 0.15) is 85.1 Å². The van der Waals surface area contributed by atoms with Crippen LogP contribution in [0.5, 0.6) is 0 Å². The Morgan fingerprint density at radius 2 is 1.60 bits per heavy atom. The van der Waals surface area contributed by atoms with Gasteiger partial charge in [-0.3, -0.25) is 33.8 Å². The van der Waals surface area contributed by atoms with Crippen LogP contribution in [0.2, 0.25) is 0 Å². The number of cyclic esters (lactones) is 1.